The van der Waals surface area contributed by atoms with Crippen molar-refractivity contribution in [2.45, 2.75) is 40.2 Å². The number of nitrogens with zero attached hydrogens (tertiary/aromatic N) is 2. The van der Waals surface area contributed by atoms with E-state index in [1.54, 1.807) is 31.4 Å². The van der Waals surface area contributed by atoms with Gasteiger partial charge in [-0.15, -0.1) is 0 Å². The van der Waals surface area contributed by atoms with Gasteiger partial charge in [0.2, 0.25) is 5.91 Å². The molecule has 0 radical (unpaired) electrons. The van der Waals surface area contributed by atoms with E-state index < -0.39 is 0 Å². The Morgan fingerprint density at radius 3 is 2.35 bits per heavy atom. The number of phenols is 1. The molecular formula is C27H35N3O4. The first kappa shape index (κ1) is 24.1. The number of carbonyl (C=O) groups excluding carboxylic acids is 2. The summed E-state index contributed by atoms with van der Waals surface area (Å²) in [5.41, 5.74) is 4.46. The summed E-state index contributed by atoms with van der Waals surface area (Å²) in [6.07, 6.45) is 0.819. The summed E-state index contributed by atoms with van der Waals surface area (Å²) in [5.74, 6) is 0.956. The lowest BCUT2D eigenvalue weighted by Crippen LogP contribution is -2.51. The van der Waals surface area contributed by atoms with Crippen LogP contribution in [0.3, 0.4) is 0 Å². The molecule has 2 aliphatic rings. The second-order valence-corrected chi connectivity index (χ2v) is 10.2. The average molecular weight is 466 g/mol. The molecule has 1 heterocycles. The Labute approximate surface area is 201 Å². The minimum Gasteiger partial charge on any atom is -0.507 e. The van der Waals surface area contributed by atoms with Gasteiger partial charge in [0.15, 0.2) is 0 Å². The molecule has 34 heavy (non-hydrogen) atoms. The van der Waals surface area contributed by atoms with Gasteiger partial charge in [-0.05, 0) is 66.6 Å². The van der Waals surface area contributed by atoms with Crippen molar-refractivity contribution >= 4 is 11.8 Å². The predicted octanol–water partition coefficient (Wildman–Crippen LogP) is 3.22. The molecule has 1 aliphatic heterocycles. The fourth-order valence-electron chi connectivity index (χ4n) is 5.24. The van der Waals surface area contributed by atoms with Crippen molar-refractivity contribution in [3.05, 3.63) is 58.1 Å². The number of carbonyl (C=O) groups is 2. The smallest absolute Gasteiger partial charge is 0.253 e. The molecule has 2 N–H and O–H groups in total. The number of amides is 2. The highest BCUT2D eigenvalue weighted by Crippen LogP contribution is 2.50. The van der Waals surface area contributed by atoms with Gasteiger partial charge in [-0.1, -0.05) is 19.9 Å². The van der Waals surface area contributed by atoms with Crippen LogP contribution >= 0.6 is 0 Å². The number of hydrogen-bond donors (Lipinski definition) is 2. The summed E-state index contributed by atoms with van der Waals surface area (Å²) in [6, 6.07) is 8.92. The van der Waals surface area contributed by atoms with Crippen molar-refractivity contribution < 1.29 is 19.4 Å². The minimum atomic E-state index is -0.230. The van der Waals surface area contributed by atoms with Gasteiger partial charge in [0.1, 0.15) is 11.5 Å². The SMILES string of the molecule is COc1ccc(C(=O)N2CCN(CC(=O)NC3c4c(O)c(C)cc(C)c4CC3(C)C)CC2)cc1. The molecule has 7 nitrogen and oxygen atoms in total. The zero-order valence-electron chi connectivity index (χ0n) is 20.8. The third-order valence-electron chi connectivity index (χ3n) is 7.23. The van der Waals surface area contributed by atoms with Crippen LogP contribution < -0.4 is 10.1 Å². The highest BCUT2D eigenvalue weighted by atomic mass is 16.5. The van der Waals surface area contributed by atoms with E-state index >= 15 is 0 Å². The van der Waals surface area contributed by atoms with E-state index in [9.17, 15) is 14.7 Å². The summed E-state index contributed by atoms with van der Waals surface area (Å²) < 4.78 is 5.16. The maximum atomic E-state index is 13.0. The van der Waals surface area contributed by atoms with Crippen LogP contribution in [0.4, 0.5) is 0 Å². The van der Waals surface area contributed by atoms with Gasteiger partial charge >= 0.3 is 0 Å². The lowest BCUT2D eigenvalue weighted by molar-refractivity contribution is -0.124. The number of piperazine rings is 1. The van der Waals surface area contributed by atoms with Crippen LogP contribution in [0, 0.1) is 19.3 Å². The number of hydrogen-bond acceptors (Lipinski definition) is 5. The molecule has 1 aliphatic carbocycles. The van der Waals surface area contributed by atoms with Crippen molar-refractivity contribution in [3.63, 3.8) is 0 Å². The van der Waals surface area contributed by atoms with Crippen molar-refractivity contribution in [1.29, 1.82) is 0 Å². The van der Waals surface area contributed by atoms with E-state index in [-0.39, 0.29) is 29.8 Å². The van der Waals surface area contributed by atoms with Crippen LogP contribution in [0.2, 0.25) is 0 Å². The van der Waals surface area contributed by atoms with Gasteiger partial charge in [-0.2, -0.15) is 0 Å². The summed E-state index contributed by atoms with van der Waals surface area (Å²) in [4.78, 5) is 29.7. The number of ether oxygens (including phenoxy) is 1. The second-order valence-electron chi connectivity index (χ2n) is 10.2. The molecule has 0 spiro atoms. The largest absolute Gasteiger partial charge is 0.507 e. The number of rotatable bonds is 5. The third kappa shape index (κ3) is 4.62. The first-order valence-electron chi connectivity index (χ1n) is 11.9. The zero-order valence-corrected chi connectivity index (χ0v) is 20.8. The number of methoxy groups -OCH3 is 1. The molecule has 0 aromatic heterocycles. The zero-order chi connectivity index (χ0) is 24.6. The number of fused-ring (bicyclic) bond motifs is 1. The van der Waals surface area contributed by atoms with E-state index in [0.717, 1.165) is 34.4 Å². The summed E-state index contributed by atoms with van der Waals surface area (Å²) in [7, 11) is 1.60. The highest BCUT2D eigenvalue weighted by molar-refractivity contribution is 5.94. The molecular weight excluding hydrogens is 430 g/mol. The fraction of sp³-hybridized carbons (Fsp3) is 0.481. The van der Waals surface area contributed by atoms with E-state index in [4.69, 9.17) is 4.74 Å². The van der Waals surface area contributed by atoms with E-state index in [0.29, 0.717) is 37.5 Å². The Bertz CT molecular complexity index is 1090. The maximum Gasteiger partial charge on any atom is 0.253 e. The average Bonchev–Trinajstić information content (AvgIpc) is 3.08. The minimum absolute atomic E-state index is 0.00252. The molecule has 1 saturated heterocycles. The number of phenolic OH excluding ortho intramolecular Hbond substituents is 1. The molecule has 2 aromatic carbocycles. The molecule has 1 atom stereocenters. The van der Waals surface area contributed by atoms with Gasteiger partial charge < -0.3 is 20.1 Å². The molecule has 2 aromatic rings. The van der Waals surface area contributed by atoms with Crippen LogP contribution in [-0.4, -0.2) is 66.6 Å². The van der Waals surface area contributed by atoms with Crippen molar-refractivity contribution in [1.82, 2.24) is 15.1 Å². The lowest BCUT2D eigenvalue weighted by atomic mass is 9.85. The van der Waals surface area contributed by atoms with Crippen LogP contribution in [0.5, 0.6) is 11.5 Å². The van der Waals surface area contributed by atoms with E-state index in [1.165, 1.54) is 0 Å². The summed E-state index contributed by atoms with van der Waals surface area (Å²) in [6.45, 7) is 11.0. The van der Waals surface area contributed by atoms with Gasteiger partial charge in [-0.3, -0.25) is 14.5 Å². The Balaban J connectivity index is 1.36. The molecule has 2 amide bonds. The summed E-state index contributed by atoms with van der Waals surface area (Å²) in [5, 5.41) is 14.0. The molecule has 0 bridgehead atoms. The van der Waals surface area contributed by atoms with Crippen LogP contribution in [0.25, 0.3) is 0 Å². The first-order chi connectivity index (χ1) is 16.1. The van der Waals surface area contributed by atoms with Crippen LogP contribution in [-0.2, 0) is 11.2 Å². The molecule has 4 rings (SSSR count). The van der Waals surface area contributed by atoms with Crippen molar-refractivity contribution in [3.8, 4) is 11.5 Å². The number of aromatic hydroxyl groups is 1. The van der Waals surface area contributed by atoms with Crippen molar-refractivity contribution in [2.24, 2.45) is 5.41 Å². The molecule has 1 fully saturated rings. The van der Waals surface area contributed by atoms with Crippen LogP contribution in [0.1, 0.15) is 52.5 Å². The Hall–Kier alpha value is -3.06. The quantitative estimate of drug-likeness (QED) is 0.709. The van der Waals surface area contributed by atoms with E-state index in [1.807, 2.05) is 17.9 Å². The monoisotopic (exact) mass is 465 g/mol. The Morgan fingerprint density at radius 1 is 1.09 bits per heavy atom. The normalized spacial score (nSPS) is 19.6. The summed E-state index contributed by atoms with van der Waals surface area (Å²) >= 11 is 0. The van der Waals surface area contributed by atoms with Gasteiger partial charge in [0, 0.05) is 37.3 Å². The molecule has 1 unspecified atom stereocenters. The molecule has 0 saturated carbocycles. The van der Waals surface area contributed by atoms with Gasteiger partial charge in [0.25, 0.3) is 5.91 Å². The fourth-order valence-corrected chi connectivity index (χ4v) is 5.24. The van der Waals surface area contributed by atoms with Gasteiger partial charge in [0.05, 0.1) is 19.7 Å². The number of aryl methyl sites for hydroxylation is 2. The first-order valence-corrected chi connectivity index (χ1v) is 11.9. The maximum absolute atomic E-state index is 13.0. The highest BCUT2D eigenvalue weighted by Gasteiger charge is 2.43. The second kappa shape index (κ2) is 9.29. The predicted molar refractivity (Wildman–Crippen MR) is 131 cm³/mol. The Kier molecular flexibility index (Phi) is 6.58. The lowest BCUT2D eigenvalue weighted by Gasteiger charge is -2.35. The number of nitrogens with one attached hydrogen (secondary N) is 1. The van der Waals surface area contributed by atoms with Crippen LogP contribution in [0.15, 0.2) is 30.3 Å². The van der Waals surface area contributed by atoms with Gasteiger partial charge in [-0.25, -0.2) is 0 Å². The Morgan fingerprint density at radius 2 is 1.74 bits per heavy atom. The molecule has 7 heteroatoms. The third-order valence-corrected chi connectivity index (χ3v) is 7.23. The standard InChI is InChI=1S/C27H35N3O4/c1-17-14-18(2)24(32)23-21(17)15-27(3,4)25(23)28-22(31)16-29-10-12-30(13-11-29)26(33)19-6-8-20(34-5)9-7-19/h6-9,14,25,32H,10-13,15-16H2,1-5H3,(H,28,31). The molecule has 182 valence electrons. The van der Waals surface area contributed by atoms with E-state index in [2.05, 4.69) is 31.0 Å². The number of benzene rings is 2. The topological polar surface area (TPSA) is 82.1 Å². The van der Waals surface area contributed by atoms with Crippen molar-refractivity contribution in [2.75, 3.05) is 39.8 Å².